The van der Waals surface area contributed by atoms with E-state index in [9.17, 15) is 0 Å². The fourth-order valence-corrected chi connectivity index (χ4v) is 10.3. The maximum Gasteiger partial charge on any atom is 0.0273 e. The molecule has 0 aromatic heterocycles. The molecule has 0 N–H and O–H groups in total. The van der Waals surface area contributed by atoms with Gasteiger partial charge in [-0.1, -0.05) is 152 Å². The van der Waals surface area contributed by atoms with Crippen LogP contribution in [0.2, 0.25) is 0 Å². The first-order chi connectivity index (χ1) is 16.3. The first-order valence-corrected chi connectivity index (χ1v) is 14.3. The number of hydrogen-bond donors (Lipinski definition) is 0. The van der Waals surface area contributed by atoms with E-state index in [0.717, 1.165) is 0 Å². The molecule has 1 aliphatic carbocycles. The summed E-state index contributed by atoms with van der Waals surface area (Å²) in [6, 6.07) is 44.4. The Morgan fingerprint density at radius 2 is 0.939 bits per heavy atom. The fourth-order valence-electron chi connectivity index (χ4n) is 4.67. The molecule has 0 spiro atoms. The van der Waals surface area contributed by atoms with Gasteiger partial charge in [-0.15, -0.1) is 0 Å². The zero-order valence-electron chi connectivity index (χ0n) is 18.8. The van der Waals surface area contributed by atoms with Gasteiger partial charge in [0.1, 0.15) is 0 Å². The second-order valence-electron chi connectivity index (χ2n) is 8.25. The van der Waals surface area contributed by atoms with Crippen molar-refractivity contribution in [3.63, 3.8) is 0 Å². The van der Waals surface area contributed by atoms with Crippen LogP contribution in [0.3, 0.4) is 0 Å². The van der Waals surface area contributed by atoms with E-state index >= 15 is 0 Å². The van der Waals surface area contributed by atoms with E-state index < -0.39 is 15.8 Å². The van der Waals surface area contributed by atoms with E-state index in [4.69, 9.17) is 0 Å². The summed E-state index contributed by atoms with van der Waals surface area (Å²) in [5.74, 6) is 0. The average molecular weight is 463 g/mol. The summed E-state index contributed by atoms with van der Waals surface area (Å²) in [6.45, 7) is 2.45. The Labute approximate surface area is 200 Å². The van der Waals surface area contributed by atoms with Gasteiger partial charge in [-0.25, -0.2) is 0 Å². The molecule has 2 atom stereocenters. The first kappa shape index (κ1) is 22.0. The van der Waals surface area contributed by atoms with E-state index in [-0.39, 0.29) is 0 Å². The number of allylic oxidation sites excluding steroid dienone is 4. The Kier molecular flexibility index (Phi) is 6.97. The van der Waals surface area contributed by atoms with Crippen LogP contribution in [0.1, 0.15) is 6.92 Å². The van der Waals surface area contributed by atoms with Crippen molar-refractivity contribution in [3.05, 3.63) is 145 Å². The van der Waals surface area contributed by atoms with Crippen molar-refractivity contribution in [3.8, 4) is 0 Å². The van der Waals surface area contributed by atoms with Crippen molar-refractivity contribution in [2.24, 2.45) is 0 Å². The van der Waals surface area contributed by atoms with Crippen LogP contribution in [-0.4, -0.2) is 11.3 Å². The minimum Gasteiger partial charge on any atom is -0.0724 e. The Hall–Kier alpha value is -2.78. The molecule has 0 radical (unpaired) electrons. The summed E-state index contributed by atoms with van der Waals surface area (Å²) in [5.41, 5.74) is 2.42. The summed E-state index contributed by atoms with van der Waals surface area (Å²) in [4.78, 5) is 0. The predicted molar refractivity (Wildman–Crippen MR) is 149 cm³/mol. The second-order valence-corrected chi connectivity index (χ2v) is 13.1. The smallest absolute Gasteiger partial charge is 0.0273 e. The van der Waals surface area contributed by atoms with Gasteiger partial charge in [-0.3, -0.25) is 0 Å². The standard InChI is InChI=1S/C31H28P2/c1-25(32(26-15-6-2-7-16-26)27-17-8-3-9-18-27)30-23-14-24-31(30)33(28-19-10-4-11-20-28)29-21-12-5-13-22-29/h2-25,31H,1H3/t25-,31?/m1/s1. The molecule has 1 aliphatic rings. The third kappa shape index (κ3) is 4.79. The molecule has 0 aliphatic heterocycles. The first-order valence-electron chi connectivity index (χ1n) is 11.5. The highest BCUT2D eigenvalue weighted by molar-refractivity contribution is 7.75. The maximum atomic E-state index is 2.45. The van der Waals surface area contributed by atoms with E-state index in [1.165, 1.54) is 21.2 Å². The largest absolute Gasteiger partial charge is 0.0724 e. The van der Waals surface area contributed by atoms with Gasteiger partial charge >= 0.3 is 0 Å². The Balaban J connectivity index is 1.56. The molecule has 0 heterocycles. The summed E-state index contributed by atoms with van der Waals surface area (Å²) in [5, 5.41) is 5.78. The van der Waals surface area contributed by atoms with Gasteiger partial charge in [-0.05, 0) is 37.1 Å². The highest BCUT2D eigenvalue weighted by Gasteiger charge is 2.34. The summed E-state index contributed by atoms with van der Waals surface area (Å²) < 4.78 is 0. The molecule has 162 valence electrons. The van der Waals surface area contributed by atoms with E-state index in [2.05, 4.69) is 146 Å². The molecule has 5 rings (SSSR count). The van der Waals surface area contributed by atoms with E-state index in [0.29, 0.717) is 11.3 Å². The molecule has 4 aromatic carbocycles. The Morgan fingerprint density at radius 3 is 1.36 bits per heavy atom. The zero-order valence-corrected chi connectivity index (χ0v) is 20.6. The molecule has 0 bridgehead atoms. The van der Waals surface area contributed by atoms with Gasteiger partial charge in [0.25, 0.3) is 0 Å². The lowest BCUT2D eigenvalue weighted by molar-refractivity contribution is 1.07. The maximum absolute atomic E-state index is 2.45. The third-order valence-corrected chi connectivity index (χ3v) is 11.7. The molecule has 0 nitrogen and oxygen atoms in total. The van der Waals surface area contributed by atoms with Gasteiger partial charge in [0.2, 0.25) is 0 Å². The normalized spacial score (nSPS) is 16.2. The number of benzene rings is 4. The lowest BCUT2D eigenvalue weighted by Crippen LogP contribution is -2.28. The van der Waals surface area contributed by atoms with Crippen LogP contribution in [0, 0.1) is 0 Å². The molecule has 1 unspecified atom stereocenters. The summed E-state index contributed by atoms with van der Waals surface area (Å²) in [7, 11) is -1.04. The molecular weight excluding hydrogens is 434 g/mol. The highest BCUT2D eigenvalue weighted by Crippen LogP contribution is 2.52. The van der Waals surface area contributed by atoms with Crippen molar-refractivity contribution in [2.45, 2.75) is 18.2 Å². The molecular formula is C31H28P2. The fraction of sp³-hybridized carbons (Fsp3) is 0.0968. The van der Waals surface area contributed by atoms with Gasteiger partial charge in [0.05, 0.1) is 0 Å². The van der Waals surface area contributed by atoms with E-state index in [1.54, 1.807) is 5.57 Å². The van der Waals surface area contributed by atoms with Crippen molar-refractivity contribution >= 4 is 37.1 Å². The van der Waals surface area contributed by atoms with Gasteiger partial charge in [0, 0.05) is 11.3 Å². The van der Waals surface area contributed by atoms with Crippen LogP contribution in [-0.2, 0) is 0 Å². The van der Waals surface area contributed by atoms with E-state index in [1.807, 2.05) is 0 Å². The lowest BCUT2D eigenvalue weighted by atomic mass is 10.2. The Morgan fingerprint density at radius 1 is 0.545 bits per heavy atom. The number of hydrogen-bond acceptors (Lipinski definition) is 0. The summed E-state index contributed by atoms with van der Waals surface area (Å²) in [6.07, 6.45) is 7.14. The lowest BCUT2D eigenvalue weighted by Gasteiger charge is -2.33. The topological polar surface area (TPSA) is 0 Å². The van der Waals surface area contributed by atoms with Crippen LogP contribution in [0.5, 0.6) is 0 Å². The molecule has 0 fully saturated rings. The van der Waals surface area contributed by atoms with Gasteiger partial charge in [0.15, 0.2) is 0 Å². The molecule has 4 aromatic rings. The van der Waals surface area contributed by atoms with Gasteiger partial charge in [-0.2, -0.15) is 0 Å². The van der Waals surface area contributed by atoms with Crippen molar-refractivity contribution in [1.82, 2.24) is 0 Å². The van der Waals surface area contributed by atoms with Crippen LogP contribution in [0.15, 0.2) is 145 Å². The molecule has 33 heavy (non-hydrogen) atoms. The van der Waals surface area contributed by atoms with Gasteiger partial charge < -0.3 is 0 Å². The van der Waals surface area contributed by atoms with Crippen molar-refractivity contribution in [1.29, 1.82) is 0 Å². The van der Waals surface area contributed by atoms with Crippen LogP contribution >= 0.6 is 15.8 Å². The number of rotatable bonds is 7. The summed E-state index contributed by atoms with van der Waals surface area (Å²) >= 11 is 0. The Bertz CT molecular complexity index is 1140. The minimum atomic E-state index is -0.531. The molecule has 2 heteroatoms. The average Bonchev–Trinajstić information content (AvgIpc) is 3.36. The van der Waals surface area contributed by atoms with Crippen molar-refractivity contribution < 1.29 is 0 Å². The van der Waals surface area contributed by atoms with Crippen molar-refractivity contribution in [2.75, 3.05) is 0 Å². The highest BCUT2D eigenvalue weighted by atomic mass is 31.1. The quantitative estimate of drug-likeness (QED) is 0.275. The SMILES string of the molecule is C[C@H](C1=CC=CC1P(c1ccccc1)c1ccccc1)P(c1ccccc1)c1ccccc1. The minimum absolute atomic E-state index is 0.414. The second kappa shape index (κ2) is 10.4. The molecule has 0 saturated heterocycles. The van der Waals surface area contributed by atoms with Crippen LogP contribution < -0.4 is 21.2 Å². The molecule has 0 saturated carbocycles. The third-order valence-electron chi connectivity index (χ3n) is 6.21. The monoisotopic (exact) mass is 462 g/mol. The zero-order chi connectivity index (χ0) is 22.5. The van der Waals surface area contributed by atoms with Crippen LogP contribution in [0.25, 0.3) is 0 Å². The van der Waals surface area contributed by atoms with Crippen LogP contribution in [0.4, 0.5) is 0 Å². The molecule has 0 amide bonds. The predicted octanol–water partition coefficient (Wildman–Crippen LogP) is 6.51.